The van der Waals surface area contributed by atoms with Gasteiger partial charge in [0.15, 0.2) is 0 Å². The molecule has 4 heteroatoms. The zero-order chi connectivity index (χ0) is 10.5. The fourth-order valence-electron chi connectivity index (χ4n) is 1.19. The molecule has 0 bridgehead atoms. The van der Waals surface area contributed by atoms with Crippen molar-refractivity contribution in [3.05, 3.63) is 46.3 Å². The summed E-state index contributed by atoms with van der Waals surface area (Å²) in [6.07, 6.45) is 1.71. The molecule has 0 aliphatic rings. The average molecular weight is 240 g/mol. The van der Waals surface area contributed by atoms with Gasteiger partial charge in [-0.15, -0.1) is 22.9 Å². The maximum absolute atomic E-state index is 5.78. The van der Waals surface area contributed by atoms with Crippen LogP contribution in [0.4, 0.5) is 0 Å². The van der Waals surface area contributed by atoms with Crippen LogP contribution in [0.5, 0.6) is 5.88 Å². The lowest BCUT2D eigenvalue weighted by Gasteiger charge is -2.06. The quantitative estimate of drug-likeness (QED) is 0.763. The minimum Gasteiger partial charge on any atom is -0.472 e. The number of hydrogen-bond acceptors (Lipinski definition) is 3. The third-order valence-electron chi connectivity index (χ3n) is 1.93. The molecule has 0 N–H and O–H groups in total. The zero-order valence-electron chi connectivity index (χ0n) is 8.02. The minimum atomic E-state index is 0.424. The first-order valence-electron chi connectivity index (χ1n) is 4.55. The van der Waals surface area contributed by atoms with Crippen LogP contribution >= 0.6 is 22.9 Å². The lowest BCUT2D eigenvalue weighted by molar-refractivity contribution is 0.294. The van der Waals surface area contributed by atoms with Crippen LogP contribution in [0.1, 0.15) is 10.4 Å². The standard InChI is InChI=1S/C11H10ClNOS/c12-7-9-3-1-5-13-11(9)14-8-10-4-2-6-15-10/h1-6H,7-8H2. The van der Waals surface area contributed by atoms with Gasteiger partial charge in [-0.25, -0.2) is 4.98 Å². The Bertz CT molecular complexity index is 416. The summed E-state index contributed by atoms with van der Waals surface area (Å²) in [5.41, 5.74) is 0.927. The molecule has 0 aliphatic heterocycles. The maximum atomic E-state index is 5.78. The van der Waals surface area contributed by atoms with Crippen molar-refractivity contribution in [2.45, 2.75) is 12.5 Å². The van der Waals surface area contributed by atoms with Crippen LogP contribution < -0.4 is 4.74 Å². The van der Waals surface area contributed by atoms with Gasteiger partial charge in [-0.2, -0.15) is 0 Å². The highest BCUT2D eigenvalue weighted by molar-refractivity contribution is 7.09. The number of nitrogens with zero attached hydrogens (tertiary/aromatic N) is 1. The molecule has 78 valence electrons. The number of halogens is 1. The number of pyridine rings is 1. The third-order valence-corrected chi connectivity index (χ3v) is 3.06. The van der Waals surface area contributed by atoms with E-state index in [1.165, 1.54) is 4.88 Å². The van der Waals surface area contributed by atoms with E-state index in [-0.39, 0.29) is 0 Å². The van der Waals surface area contributed by atoms with E-state index in [0.29, 0.717) is 18.4 Å². The molecule has 2 nitrogen and oxygen atoms in total. The topological polar surface area (TPSA) is 22.1 Å². The van der Waals surface area contributed by atoms with Crippen LogP contribution in [0.3, 0.4) is 0 Å². The highest BCUT2D eigenvalue weighted by Crippen LogP contribution is 2.19. The minimum absolute atomic E-state index is 0.424. The molecule has 0 spiro atoms. The number of aromatic nitrogens is 1. The molecule has 0 aliphatic carbocycles. The van der Waals surface area contributed by atoms with E-state index in [4.69, 9.17) is 16.3 Å². The van der Waals surface area contributed by atoms with Gasteiger partial charge in [-0.3, -0.25) is 0 Å². The van der Waals surface area contributed by atoms with Crippen molar-refractivity contribution in [2.75, 3.05) is 0 Å². The summed E-state index contributed by atoms with van der Waals surface area (Å²) in [6.45, 7) is 0.554. The number of hydrogen-bond donors (Lipinski definition) is 0. The van der Waals surface area contributed by atoms with Gasteiger partial charge in [-0.1, -0.05) is 12.1 Å². The van der Waals surface area contributed by atoms with Gasteiger partial charge in [0.05, 0.1) is 5.88 Å². The highest BCUT2D eigenvalue weighted by atomic mass is 35.5. The molecule has 2 rings (SSSR count). The van der Waals surface area contributed by atoms with Crippen LogP contribution in [0, 0.1) is 0 Å². The fraction of sp³-hybridized carbons (Fsp3) is 0.182. The van der Waals surface area contributed by atoms with Crippen molar-refractivity contribution in [3.63, 3.8) is 0 Å². The van der Waals surface area contributed by atoms with E-state index >= 15 is 0 Å². The SMILES string of the molecule is ClCc1cccnc1OCc1cccs1. The van der Waals surface area contributed by atoms with Gasteiger partial charge in [0, 0.05) is 16.6 Å². The monoisotopic (exact) mass is 239 g/mol. The van der Waals surface area contributed by atoms with Gasteiger partial charge in [0.25, 0.3) is 0 Å². The highest BCUT2D eigenvalue weighted by Gasteiger charge is 2.03. The van der Waals surface area contributed by atoms with E-state index in [9.17, 15) is 0 Å². The number of thiophene rings is 1. The Morgan fingerprint density at radius 3 is 3.00 bits per heavy atom. The molecule has 0 atom stereocenters. The number of alkyl halides is 1. The van der Waals surface area contributed by atoms with Crippen molar-refractivity contribution in [2.24, 2.45) is 0 Å². The van der Waals surface area contributed by atoms with Gasteiger partial charge >= 0.3 is 0 Å². The fourth-order valence-corrected chi connectivity index (χ4v) is 2.01. The first-order chi connectivity index (χ1) is 7.40. The summed E-state index contributed by atoms with van der Waals surface area (Å²) in [7, 11) is 0. The number of rotatable bonds is 4. The van der Waals surface area contributed by atoms with Crippen molar-refractivity contribution in [1.82, 2.24) is 4.98 Å². The molecule has 0 saturated carbocycles. The Morgan fingerprint density at radius 1 is 1.33 bits per heavy atom. The molecule has 0 saturated heterocycles. The Labute approximate surface area is 97.5 Å². The molecule has 0 amide bonds. The van der Waals surface area contributed by atoms with Gasteiger partial charge < -0.3 is 4.74 Å². The Hall–Kier alpha value is -1.06. The first-order valence-corrected chi connectivity index (χ1v) is 5.96. The molecule has 2 aromatic heterocycles. The summed E-state index contributed by atoms with van der Waals surface area (Å²) in [6, 6.07) is 7.82. The number of ether oxygens (including phenoxy) is 1. The Kier molecular flexibility index (Phi) is 3.59. The van der Waals surface area contributed by atoms with Gasteiger partial charge in [0.1, 0.15) is 6.61 Å². The van der Waals surface area contributed by atoms with Crippen LogP contribution in [-0.4, -0.2) is 4.98 Å². The average Bonchev–Trinajstić information content (AvgIpc) is 2.79. The molecule has 2 aromatic rings. The zero-order valence-corrected chi connectivity index (χ0v) is 9.59. The molecule has 0 radical (unpaired) electrons. The predicted octanol–water partition coefficient (Wildman–Crippen LogP) is 3.46. The predicted molar refractivity (Wildman–Crippen MR) is 62.4 cm³/mol. The van der Waals surface area contributed by atoms with E-state index in [2.05, 4.69) is 4.98 Å². The first kappa shape index (κ1) is 10.5. The lowest BCUT2D eigenvalue weighted by Crippen LogP contribution is -1.98. The normalized spacial score (nSPS) is 10.2. The molecule has 0 fully saturated rings. The van der Waals surface area contributed by atoms with Crippen LogP contribution in [0.15, 0.2) is 35.8 Å². The van der Waals surface area contributed by atoms with Crippen molar-refractivity contribution in [3.8, 4) is 5.88 Å². The molecule has 0 aromatic carbocycles. The van der Waals surface area contributed by atoms with E-state index in [0.717, 1.165) is 5.56 Å². The van der Waals surface area contributed by atoms with Crippen molar-refractivity contribution < 1.29 is 4.74 Å². The second-order valence-electron chi connectivity index (χ2n) is 2.97. The summed E-state index contributed by atoms with van der Waals surface area (Å²) in [4.78, 5) is 5.33. The third kappa shape index (κ3) is 2.70. The molecule has 0 unspecified atom stereocenters. The van der Waals surface area contributed by atoms with Crippen LogP contribution in [0.25, 0.3) is 0 Å². The van der Waals surface area contributed by atoms with Crippen LogP contribution in [-0.2, 0) is 12.5 Å². The van der Waals surface area contributed by atoms with E-state index in [1.54, 1.807) is 17.5 Å². The van der Waals surface area contributed by atoms with E-state index < -0.39 is 0 Å². The summed E-state index contributed by atoms with van der Waals surface area (Å²) >= 11 is 7.45. The second kappa shape index (κ2) is 5.14. The van der Waals surface area contributed by atoms with Crippen molar-refractivity contribution in [1.29, 1.82) is 0 Å². The molecular formula is C11H10ClNOS. The summed E-state index contributed by atoms with van der Waals surface area (Å²) in [5.74, 6) is 1.05. The second-order valence-corrected chi connectivity index (χ2v) is 4.27. The van der Waals surface area contributed by atoms with Crippen molar-refractivity contribution >= 4 is 22.9 Å². The Morgan fingerprint density at radius 2 is 2.27 bits per heavy atom. The smallest absolute Gasteiger partial charge is 0.218 e. The summed E-state index contributed by atoms with van der Waals surface area (Å²) < 4.78 is 5.59. The Balaban J connectivity index is 2.04. The molecular weight excluding hydrogens is 230 g/mol. The van der Waals surface area contributed by atoms with Gasteiger partial charge in [0.2, 0.25) is 5.88 Å². The van der Waals surface area contributed by atoms with Gasteiger partial charge in [-0.05, 0) is 17.5 Å². The molecule has 15 heavy (non-hydrogen) atoms. The largest absolute Gasteiger partial charge is 0.472 e. The maximum Gasteiger partial charge on any atom is 0.218 e. The van der Waals surface area contributed by atoms with E-state index in [1.807, 2.05) is 29.6 Å². The van der Waals surface area contributed by atoms with Crippen LogP contribution in [0.2, 0.25) is 0 Å². The summed E-state index contributed by atoms with van der Waals surface area (Å²) in [5, 5.41) is 2.03. The lowest BCUT2D eigenvalue weighted by atomic mass is 10.3. The molecule has 2 heterocycles.